The van der Waals surface area contributed by atoms with E-state index in [0.717, 1.165) is 0 Å². The highest BCUT2D eigenvalue weighted by Gasteiger charge is 2.18. The van der Waals surface area contributed by atoms with E-state index in [-0.39, 0.29) is 17.3 Å². The Morgan fingerprint density at radius 2 is 1.77 bits per heavy atom. The Kier molecular flexibility index (Phi) is 6.82. The van der Waals surface area contributed by atoms with Crippen molar-refractivity contribution >= 4 is 34.2 Å². The second-order valence-corrected chi connectivity index (χ2v) is 6.92. The lowest BCUT2D eigenvalue weighted by molar-refractivity contribution is 0.102. The number of carbonyl (C=O) groups excluding carboxylic acids is 2. The Hall–Kier alpha value is -3.65. The Morgan fingerprint density at radius 1 is 1.03 bits per heavy atom. The minimum Gasteiger partial charge on any atom is -0.496 e. The molecule has 1 aromatic heterocycles. The summed E-state index contributed by atoms with van der Waals surface area (Å²) in [6, 6.07) is 10.2. The van der Waals surface area contributed by atoms with Crippen molar-refractivity contribution in [2.45, 2.75) is 0 Å². The SMILES string of the molecule is COc1cc(OC)c(C(=O)/C=C/c2cccc(C(=O)Nc3nccs3)c2)c(OC)c1. The van der Waals surface area contributed by atoms with Crippen molar-refractivity contribution in [3.8, 4) is 17.2 Å². The lowest BCUT2D eigenvalue weighted by Crippen LogP contribution is -2.11. The molecule has 1 heterocycles. The molecule has 30 heavy (non-hydrogen) atoms. The Balaban J connectivity index is 1.82. The van der Waals surface area contributed by atoms with Gasteiger partial charge in [-0.3, -0.25) is 14.9 Å². The maximum atomic E-state index is 12.8. The molecule has 2 aromatic carbocycles. The van der Waals surface area contributed by atoms with Crippen LogP contribution >= 0.6 is 11.3 Å². The monoisotopic (exact) mass is 424 g/mol. The molecule has 0 atom stereocenters. The van der Waals surface area contributed by atoms with Gasteiger partial charge in [0.05, 0.1) is 21.3 Å². The number of hydrogen-bond donors (Lipinski definition) is 1. The summed E-state index contributed by atoms with van der Waals surface area (Å²) < 4.78 is 15.9. The number of hydrogen-bond acceptors (Lipinski definition) is 7. The summed E-state index contributed by atoms with van der Waals surface area (Å²) in [5.41, 5.74) is 1.44. The molecule has 0 radical (unpaired) electrons. The Morgan fingerprint density at radius 3 is 2.37 bits per heavy atom. The lowest BCUT2D eigenvalue weighted by Gasteiger charge is -2.13. The Labute approximate surface area is 177 Å². The third-order valence-corrected chi connectivity index (χ3v) is 4.88. The van der Waals surface area contributed by atoms with Crippen molar-refractivity contribution in [3.63, 3.8) is 0 Å². The molecule has 8 heteroatoms. The number of carbonyl (C=O) groups is 2. The van der Waals surface area contributed by atoms with Crippen molar-refractivity contribution in [2.75, 3.05) is 26.6 Å². The van der Waals surface area contributed by atoms with Gasteiger partial charge in [-0.15, -0.1) is 11.3 Å². The lowest BCUT2D eigenvalue weighted by atomic mass is 10.0. The van der Waals surface area contributed by atoms with Crippen molar-refractivity contribution in [1.29, 1.82) is 0 Å². The number of benzene rings is 2. The molecule has 3 rings (SSSR count). The van der Waals surface area contributed by atoms with Crippen LogP contribution in [0.5, 0.6) is 17.2 Å². The van der Waals surface area contributed by atoms with Gasteiger partial charge in [-0.2, -0.15) is 0 Å². The molecule has 0 bridgehead atoms. The summed E-state index contributed by atoms with van der Waals surface area (Å²) in [4.78, 5) is 29.2. The molecule has 3 aromatic rings. The quantitative estimate of drug-likeness (QED) is 0.428. The van der Waals surface area contributed by atoms with Gasteiger partial charge < -0.3 is 14.2 Å². The van der Waals surface area contributed by atoms with Gasteiger partial charge in [0.25, 0.3) is 5.91 Å². The van der Waals surface area contributed by atoms with Gasteiger partial charge in [0, 0.05) is 29.3 Å². The average Bonchev–Trinajstić information content (AvgIpc) is 3.29. The largest absolute Gasteiger partial charge is 0.496 e. The van der Waals surface area contributed by atoms with Crippen LogP contribution in [-0.2, 0) is 0 Å². The summed E-state index contributed by atoms with van der Waals surface area (Å²) in [5, 5.41) is 5.03. The fraction of sp³-hybridized carbons (Fsp3) is 0.136. The van der Waals surface area contributed by atoms with Gasteiger partial charge in [-0.25, -0.2) is 4.98 Å². The molecule has 0 spiro atoms. The molecule has 0 unspecified atom stereocenters. The van der Waals surface area contributed by atoms with Gasteiger partial charge in [-0.05, 0) is 23.8 Å². The molecule has 0 aliphatic rings. The smallest absolute Gasteiger partial charge is 0.257 e. The van der Waals surface area contributed by atoms with Gasteiger partial charge in [0.2, 0.25) is 0 Å². The van der Waals surface area contributed by atoms with E-state index in [1.807, 2.05) is 0 Å². The normalized spacial score (nSPS) is 10.6. The van der Waals surface area contributed by atoms with Crippen LogP contribution in [0, 0.1) is 0 Å². The Bertz CT molecular complexity index is 1050. The highest BCUT2D eigenvalue weighted by Crippen LogP contribution is 2.34. The van der Waals surface area contributed by atoms with E-state index in [1.54, 1.807) is 54.1 Å². The summed E-state index contributed by atoms with van der Waals surface area (Å²) in [7, 11) is 4.46. The topological polar surface area (TPSA) is 86.8 Å². The van der Waals surface area contributed by atoms with E-state index in [9.17, 15) is 9.59 Å². The number of nitrogens with one attached hydrogen (secondary N) is 1. The predicted molar refractivity (Wildman–Crippen MR) is 116 cm³/mol. The van der Waals surface area contributed by atoms with E-state index >= 15 is 0 Å². The van der Waals surface area contributed by atoms with Crippen LogP contribution in [0.2, 0.25) is 0 Å². The molecule has 0 fully saturated rings. The maximum Gasteiger partial charge on any atom is 0.257 e. The fourth-order valence-electron chi connectivity index (χ4n) is 2.74. The van der Waals surface area contributed by atoms with Gasteiger partial charge in [0.1, 0.15) is 22.8 Å². The first kappa shape index (κ1) is 21.1. The van der Waals surface area contributed by atoms with Crippen molar-refractivity contribution in [1.82, 2.24) is 4.98 Å². The first-order valence-corrected chi connectivity index (χ1v) is 9.77. The second kappa shape index (κ2) is 9.71. The van der Waals surface area contributed by atoms with E-state index < -0.39 is 0 Å². The van der Waals surface area contributed by atoms with Crippen LogP contribution < -0.4 is 19.5 Å². The number of rotatable bonds is 8. The zero-order valence-corrected chi connectivity index (χ0v) is 17.5. The number of anilines is 1. The van der Waals surface area contributed by atoms with Crippen LogP contribution in [0.15, 0.2) is 54.1 Å². The molecular weight excluding hydrogens is 404 g/mol. The van der Waals surface area contributed by atoms with Crippen molar-refractivity contribution in [2.24, 2.45) is 0 Å². The minimum atomic E-state index is -0.302. The summed E-state index contributed by atoms with van der Waals surface area (Å²) >= 11 is 1.34. The molecule has 0 saturated carbocycles. The zero-order valence-electron chi connectivity index (χ0n) is 16.7. The summed E-state index contributed by atoms with van der Waals surface area (Å²) in [5.74, 6) is 0.632. The number of ether oxygens (including phenoxy) is 3. The number of methoxy groups -OCH3 is 3. The van der Waals surface area contributed by atoms with E-state index in [1.165, 1.54) is 38.7 Å². The van der Waals surface area contributed by atoms with Crippen LogP contribution in [-0.4, -0.2) is 38.0 Å². The van der Waals surface area contributed by atoms with Crippen LogP contribution in [0.3, 0.4) is 0 Å². The first-order chi connectivity index (χ1) is 14.5. The van der Waals surface area contributed by atoms with E-state index in [2.05, 4.69) is 10.3 Å². The standard InChI is InChI=1S/C22H20N2O5S/c1-27-16-12-18(28-2)20(19(13-16)29-3)17(25)8-7-14-5-4-6-15(11-14)21(26)24-22-23-9-10-30-22/h4-13H,1-3H3,(H,23,24,26)/b8-7+. The molecule has 1 amide bonds. The van der Waals surface area contributed by atoms with Crippen molar-refractivity contribution in [3.05, 3.63) is 70.7 Å². The van der Waals surface area contributed by atoms with Crippen LogP contribution in [0.4, 0.5) is 5.13 Å². The number of amides is 1. The number of ketones is 1. The molecule has 0 aliphatic carbocycles. The minimum absolute atomic E-state index is 0.273. The van der Waals surface area contributed by atoms with Gasteiger partial charge >= 0.3 is 0 Å². The molecular formula is C22H20N2O5S. The summed E-state index contributed by atoms with van der Waals surface area (Å²) in [6.45, 7) is 0. The predicted octanol–water partition coefficient (Wildman–Crippen LogP) is 4.32. The highest BCUT2D eigenvalue weighted by molar-refractivity contribution is 7.13. The molecule has 1 N–H and O–H groups in total. The number of nitrogens with zero attached hydrogens (tertiary/aromatic N) is 1. The van der Waals surface area contributed by atoms with Crippen LogP contribution in [0.25, 0.3) is 6.08 Å². The first-order valence-electron chi connectivity index (χ1n) is 8.89. The molecule has 0 saturated heterocycles. The molecule has 0 aliphatic heterocycles. The van der Waals surface area contributed by atoms with Crippen molar-refractivity contribution < 1.29 is 23.8 Å². The fourth-order valence-corrected chi connectivity index (χ4v) is 3.27. The molecule has 154 valence electrons. The number of aromatic nitrogens is 1. The highest BCUT2D eigenvalue weighted by atomic mass is 32.1. The van der Waals surface area contributed by atoms with Gasteiger partial charge in [0.15, 0.2) is 10.9 Å². The van der Waals surface area contributed by atoms with Crippen LogP contribution in [0.1, 0.15) is 26.3 Å². The van der Waals surface area contributed by atoms with E-state index in [0.29, 0.717) is 33.5 Å². The average molecular weight is 424 g/mol. The second-order valence-electron chi connectivity index (χ2n) is 6.02. The third kappa shape index (κ3) is 4.84. The zero-order chi connectivity index (χ0) is 21.5. The summed E-state index contributed by atoms with van der Waals surface area (Å²) in [6.07, 6.45) is 4.66. The van der Waals surface area contributed by atoms with E-state index in [4.69, 9.17) is 14.2 Å². The maximum absolute atomic E-state index is 12.8. The third-order valence-electron chi connectivity index (χ3n) is 4.19. The molecule has 7 nitrogen and oxygen atoms in total. The van der Waals surface area contributed by atoms with Gasteiger partial charge in [-0.1, -0.05) is 18.2 Å². The number of allylic oxidation sites excluding steroid dienone is 1. The number of thiazole rings is 1.